The molecule has 2 rings (SSSR count). The monoisotopic (exact) mass is 269 g/mol. The summed E-state index contributed by atoms with van der Waals surface area (Å²) in [5, 5.41) is 3.75. The van der Waals surface area contributed by atoms with E-state index in [-0.39, 0.29) is 11.3 Å². The van der Waals surface area contributed by atoms with Gasteiger partial charge < -0.3 is 0 Å². The molecule has 0 aliphatic heterocycles. The van der Waals surface area contributed by atoms with E-state index < -0.39 is 16.0 Å². The standard InChI is InChI=1S/C11H12FN3O2S/c1-14(2)18(16,17)15-11(7-8-13-15)9-5-3-4-6-10(9)12/h3-8H,1-2H3. The normalized spacial score (nSPS) is 12.0. The highest BCUT2D eigenvalue weighted by Gasteiger charge is 2.22. The second-order valence-electron chi connectivity index (χ2n) is 3.83. The molecule has 1 aromatic heterocycles. The zero-order chi connectivity index (χ0) is 13.3. The Morgan fingerprint density at radius 3 is 2.50 bits per heavy atom. The van der Waals surface area contributed by atoms with Crippen LogP contribution in [0.4, 0.5) is 4.39 Å². The summed E-state index contributed by atoms with van der Waals surface area (Å²) in [6.07, 6.45) is 1.32. The third-order valence-corrected chi connectivity index (χ3v) is 4.09. The molecule has 0 saturated carbocycles. The van der Waals surface area contributed by atoms with Crippen LogP contribution in [0.1, 0.15) is 0 Å². The summed E-state index contributed by atoms with van der Waals surface area (Å²) in [5.74, 6) is -0.492. The Kier molecular flexibility index (Phi) is 3.18. The van der Waals surface area contributed by atoms with Gasteiger partial charge in [0.05, 0.1) is 11.9 Å². The van der Waals surface area contributed by atoms with Crippen LogP contribution >= 0.6 is 0 Å². The third-order valence-electron chi connectivity index (χ3n) is 2.44. The zero-order valence-corrected chi connectivity index (χ0v) is 10.7. The van der Waals surface area contributed by atoms with Crippen molar-refractivity contribution in [3.8, 4) is 11.3 Å². The van der Waals surface area contributed by atoms with Crippen molar-refractivity contribution in [3.05, 3.63) is 42.3 Å². The van der Waals surface area contributed by atoms with Crippen LogP contribution < -0.4 is 0 Å². The van der Waals surface area contributed by atoms with Crippen molar-refractivity contribution in [2.45, 2.75) is 0 Å². The molecule has 0 amide bonds. The molecule has 18 heavy (non-hydrogen) atoms. The summed E-state index contributed by atoms with van der Waals surface area (Å²) < 4.78 is 39.5. The van der Waals surface area contributed by atoms with Crippen molar-refractivity contribution in [2.24, 2.45) is 0 Å². The fourth-order valence-electron chi connectivity index (χ4n) is 1.49. The first-order valence-corrected chi connectivity index (χ1v) is 6.56. The van der Waals surface area contributed by atoms with Crippen molar-refractivity contribution < 1.29 is 12.8 Å². The van der Waals surface area contributed by atoms with Gasteiger partial charge in [-0.05, 0) is 18.2 Å². The predicted molar refractivity (Wildman–Crippen MR) is 65.6 cm³/mol. The summed E-state index contributed by atoms with van der Waals surface area (Å²) in [4.78, 5) is 0. The highest BCUT2D eigenvalue weighted by Crippen LogP contribution is 2.23. The molecule has 0 spiro atoms. The van der Waals surface area contributed by atoms with Gasteiger partial charge in [-0.15, -0.1) is 4.09 Å². The number of rotatable bonds is 3. The molecular formula is C11H12FN3O2S. The molecule has 0 aliphatic carbocycles. The summed E-state index contributed by atoms with van der Waals surface area (Å²) in [5.41, 5.74) is 0.391. The average Bonchev–Trinajstić information content (AvgIpc) is 2.78. The third kappa shape index (κ3) is 2.02. The Hall–Kier alpha value is -1.73. The molecule has 0 bridgehead atoms. The molecule has 0 saturated heterocycles. The van der Waals surface area contributed by atoms with Gasteiger partial charge in [-0.25, -0.2) is 4.39 Å². The van der Waals surface area contributed by atoms with E-state index in [1.165, 1.54) is 38.5 Å². The van der Waals surface area contributed by atoms with Crippen molar-refractivity contribution in [1.82, 2.24) is 13.5 Å². The lowest BCUT2D eigenvalue weighted by Crippen LogP contribution is -2.30. The minimum Gasteiger partial charge on any atom is -0.206 e. The van der Waals surface area contributed by atoms with Crippen LogP contribution in [0, 0.1) is 5.82 Å². The SMILES string of the molecule is CN(C)S(=O)(=O)n1nccc1-c1ccccc1F. The lowest BCUT2D eigenvalue weighted by atomic mass is 10.1. The van der Waals surface area contributed by atoms with Gasteiger partial charge in [0.25, 0.3) is 0 Å². The number of aromatic nitrogens is 2. The fourth-order valence-corrected chi connectivity index (χ4v) is 2.38. The van der Waals surface area contributed by atoms with Gasteiger partial charge in [-0.2, -0.15) is 17.8 Å². The minimum atomic E-state index is -3.76. The molecule has 1 aromatic carbocycles. The van der Waals surface area contributed by atoms with Gasteiger partial charge >= 0.3 is 10.2 Å². The van der Waals surface area contributed by atoms with Crippen LogP contribution in [-0.2, 0) is 10.2 Å². The lowest BCUT2D eigenvalue weighted by molar-refractivity contribution is 0.504. The Morgan fingerprint density at radius 2 is 1.89 bits per heavy atom. The van der Waals surface area contributed by atoms with E-state index >= 15 is 0 Å². The molecule has 5 nitrogen and oxygen atoms in total. The first kappa shape index (κ1) is 12.7. The van der Waals surface area contributed by atoms with Crippen molar-refractivity contribution in [2.75, 3.05) is 14.1 Å². The summed E-state index contributed by atoms with van der Waals surface area (Å²) in [6.45, 7) is 0. The first-order valence-electron chi connectivity index (χ1n) is 5.16. The van der Waals surface area contributed by atoms with Crippen LogP contribution in [-0.4, -0.2) is 36.0 Å². The van der Waals surface area contributed by atoms with Gasteiger partial charge in [0.2, 0.25) is 0 Å². The molecule has 96 valence electrons. The van der Waals surface area contributed by atoms with Gasteiger partial charge in [0.15, 0.2) is 0 Å². The molecule has 0 radical (unpaired) electrons. The van der Waals surface area contributed by atoms with E-state index in [9.17, 15) is 12.8 Å². The maximum absolute atomic E-state index is 13.7. The van der Waals surface area contributed by atoms with Crippen molar-refractivity contribution in [1.29, 1.82) is 0 Å². The molecule has 0 N–H and O–H groups in total. The quantitative estimate of drug-likeness (QED) is 0.845. The van der Waals surface area contributed by atoms with Gasteiger partial charge in [0.1, 0.15) is 5.82 Å². The summed E-state index contributed by atoms with van der Waals surface area (Å²) in [7, 11) is -0.975. The number of halogens is 1. The van der Waals surface area contributed by atoms with Crippen LogP contribution in [0.2, 0.25) is 0 Å². The maximum atomic E-state index is 13.7. The topological polar surface area (TPSA) is 55.2 Å². The molecule has 1 heterocycles. The predicted octanol–water partition coefficient (Wildman–Crippen LogP) is 1.34. The van der Waals surface area contributed by atoms with Gasteiger partial charge in [-0.1, -0.05) is 12.1 Å². The highest BCUT2D eigenvalue weighted by atomic mass is 32.2. The zero-order valence-electron chi connectivity index (χ0n) is 9.91. The van der Waals surface area contributed by atoms with Crippen molar-refractivity contribution in [3.63, 3.8) is 0 Å². The number of hydrogen-bond donors (Lipinski definition) is 0. The average molecular weight is 269 g/mol. The smallest absolute Gasteiger partial charge is 0.206 e. The lowest BCUT2D eigenvalue weighted by Gasteiger charge is -2.13. The Bertz CT molecular complexity index is 664. The van der Waals surface area contributed by atoms with E-state index in [0.717, 1.165) is 8.39 Å². The van der Waals surface area contributed by atoms with Gasteiger partial charge in [0, 0.05) is 19.7 Å². The largest absolute Gasteiger partial charge is 0.322 e. The van der Waals surface area contributed by atoms with Crippen LogP contribution in [0.15, 0.2) is 36.5 Å². The summed E-state index contributed by atoms with van der Waals surface area (Å²) in [6, 6.07) is 7.42. The molecule has 0 aliphatic rings. The van der Waals surface area contributed by atoms with Crippen molar-refractivity contribution >= 4 is 10.2 Å². The first-order chi connectivity index (χ1) is 8.44. The number of nitrogens with zero attached hydrogens (tertiary/aromatic N) is 3. The number of benzene rings is 1. The van der Waals surface area contributed by atoms with E-state index in [0.29, 0.717) is 0 Å². The number of hydrogen-bond acceptors (Lipinski definition) is 3. The van der Waals surface area contributed by atoms with Crippen LogP contribution in [0.25, 0.3) is 11.3 Å². The molecule has 0 fully saturated rings. The van der Waals surface area contributed by atoms with E-state index in [4.69, 9.17) is 0 Å². The Labute approximate surface area is 105 Å². The molecule has 7 heteroatoms. The second kappa shape index (κ2) is 4.51. The summed E-state index contributed by atoms with van der Waals surface area (Å²) >= 11 is 0. The second-order valence-corrected chi connectivity index (χ2v) is 5.80. The highest BCUT2D eigenvalue weighted by molar-refractivity contribution is 7.87. The maximum Gasteiger partial charge on any atom is 0.322 e. The van der Waals surface area contributed by atoms with Crippen LogP contribution in [0.3, 0.4) is 0 Å². The molecule has 0 unspecified atom stereocenters. The fraction of sp³-hybridized carbons (Fsp3) is 0.182. The Balaban J connectivity index is 2.64. The molecule has 0 atom stereocenters. The molecule has 2 aromatic rings. The Morgan fingerprint density at radius 1 is 1.22 bits per heavy atom. The van der Waals surface area contributed by atoms with E-state index in [1.54, 1.807) is 12.1 Å². The minimum absolute atomic E-state index is 0.195. The van der Waals surface area contributed by atoms with E-state index in [1.807, 2.05) is 0 Å². The van der Waals surface area contributed by atoms with Gasteiger partial charge in [-0.3, -0.25) is 0 Å². The molecular weight excluding hydrogens is 257 g/mol. The van der Waals surface area contributed by atoms with E-state index in [2.05, 4.69) is 5.10 Å². The van der Waals surface area contributed by atoms with Crippen LogP contribution in [0.5, 0.6) is 0 Å².